The van der Waals surface area contributed by atoms with Crippen LogP contribution in [0, 0.1) is 0 Å². The van der Waals surface area contributed by atoms with Crippen LogP contribution in [0.2, 0.25) is 0 Å². The van der Waals surface area contributed by atoms with Gasteiger partial charge in [-0.15, -0.1) is 0 Å². The smallest absolute Gasteiger partial charge is 0.227 e. The Bertz CT molecular complexity index is 1120. The summed E-state index contributed by atoms with van der Waals surface area (Å²) >= 11 is 0. The lowest BCUT2D eigenvalue weighted by atomic mass is 10.1. The molecule has 0 radical (unpaired) electrons. The summed E-state index contributed by atoms with van der Waals surface area (Å²) in [5.41, 5.74) is 2.69. The standard InChI is InChI=1S/C21H18N2O3.BrH/c1-25-20-8-7-14(11-21(20)26-2)19(24)13-23-10-9-16-15-5-3-4-6-17(15)22-18(16)12-23;/h3-12H,13H2,1-2H3;1H. The third kappa shape index (κ3) is 3.53. The van der Waals surface area contributed by atoms with Crippen LogP contribution in [0.3, 0.4) is 0 Å². The Kier molecular flexibility index (Phi) is 5.46. The van der Waals surface area contributed by atoms with Crippen LogP contribution < -0.4 is 31.0 Å². The molecule has 0 aliphatic heterocycles. The Morgan fingerprint density at radius 3 is 2.48 bits per heavy atom. The van der Waals surface area contributed by atoms with Crippen molar-refractivity contribution >= 4 is 27.6 Å². The summed E-state index contributed by atoms with van der Waals surface area (Å²) in [6.07, 6.45) is 3.90. The van der Waals surface area contributed by atoms with Crippen molar-refractivity contribution < 1.29 is 35.8 Å². The second-order valence-electron chi connectivity index (χ2n) is 6.11. The summed E-state index contributed by atoms with van der Waals surface area (Å²) in [7, 11) is 3.13. The number of hydrogen-bond donors (Lipinski definition) is 1. The van der Waals surface area contributed by atoms with Gasteiger partial charge in [-0.1, -0.05) is 18.2 Å². The van der Waals surface area contributed by atoms with Gasteiger partial charge in [0, 0.05) is 27.9 Å². The fraction of sp³-hybridized carbons (Fsp3) is 0.143. The van der Waals surface area contributed by atoms with Gasteiger partial charge in [0.15, 0.2) is 23.9 Å². The van der Waals surface area contributed by atoms with Crippen molar-refractivity contribution in [2.75, 3.05) is 14.2 Å². The van der Waals surface area contributed by atoms with E-state index in [1.165, 1.54) is 5.39 Å². The molecule has 2 aromatic heterocycles. The second-order valence-corrected chi connectivity index (χ2v) is 6.11. The average Bonchev–Trinajstić information content (AvgIpc) is 3.05. The number of benzene rings is 2. The maximum Gasteiger partial charge on any atom is 0.227 e. The Morgan fingerprint density at radius 2 is 1.70 bits per heavy atom. The van der Waals surface area contributed by atoms with E-state index in [2.05, 4.69) is 17.1 Å². The van der Waals surface area contributed by atoms with Crippen LogP contribution in [-0.4, -0.2) is 25.0 Å². The number of nitrogens with zero attached hydrogens (tertiary/aromatic N) is 1. The number of ketones is 1. The predicted molar refractivity (Wildman–Crippen MR) is 99.9 cm³/mol. The largest absolute Gasteiger partial charge is 1.00 e. The van der Waals surface area contributed by atoms with Gasteiger partial charge in [0.1, 0.15) is 5.52 Å². The molecule has 0 fully saturated rings. The van der Waals surface area contributed by atoms with E-state index in [1.54, 1.807) is 32.4 Å². The van der Waals surface area contributed by atoms with Crippen LogP contribution in [0.15, 0.2) is 60.9 Å². The van der Waals surface area contributed by atoms with E-state index in [1.807, 2.05) is 35.2 Å². The zero-order chi connectivity index (χ0) is 18.1. The van der Waals surface area contributed by atoms with Gasteiger partial charge in [0.05, 0.1) is 14.2 Å². The molecule has 2 heterocycles. The second kappa shape index (κ2) is 7.80. The van der Waals surface area contributed by atoms with E-state index < -0.39 is 0 Å². The highest BCUT2D eigenvalue weighted by atomic mass is 79.9. The number of aromatic nitrogens is 2. The van der Waals surface area contributed by atoms with E-state index in [0.29, 0.717) is 17.1 Å². The molecule has 27 heavy (non-hydrogen) atoms. The minimum absolute atomic E-state index is 0. The molecule has 0 aliphatic carbocycles. The minimum atomic E-state index is 0. The van der Waals surface area contributed by atoms with Crippen LogP contribution in [0.4, 0.5) is 0 Å². The average molecular weight is 427 g/mol. The van der Waals surface area contributed by atoms with Crippen molar-refractivity contribution in [3.8, 4) is 11.5 Å². The van der Waals surface area contributed by atoms with Crippen molar-refractivity contribution in [1.29, 1.82) is 0 Å². The van der Waals surface area contributed by atoms with Gasteiger partial charge in [-0.05, 0) is 24.3 Å². The molecule has 1 N–H and O–H groups in total. The summed E-state index contributed by atoms with van der Waals surface area (Å²) < 4.78 is 12.4. The van der Waals surface area contributed by atoms with Gasteiger partial charge < -0.3 is 31.4 Å². The van der Waals surface area contributed by atoms with Crippen molar-refractivity contribution in [2.24, 2.45) is 0 Å². The van der Waals surface area contributed by atoms with Gasteiger partial charge in [-0.3, -0.25) is 4.79 Å². The van der Waals surface area contributed by atoms with Crippen LogP contribution in [0.5, 0.6) is 11.5 Å². The molecule has 0 unspecified atom stereocenters. The first-order valence-electron chi connectivity index (χ1n) is 8.34. The number of hydrogen-bond acceptors (Lipinski definition) is 3. The molecule has 0 aliphatic rings. The number of aromatic amines is 1. The first-order chi connectivity index (χ1) is 12.7. The molecule has 0 spiro atoms. The maximum absolute atomic E-state index is 12.7. The zero-order valence-corrected chi connectivity index (χ0v) is 16.6. The molecule has 2 aromatic carbocycles. The maximum atomic E-state index is 12.7. The number of para-hydroxylation sites is 1. The molecule has 0 bridgehead atoms. The Morgan fingerprint density at radius 1 is 0.963 bits per heavy atom. The predicted octanol–water partition coefficient (Wildman–Crippen LogP) is 0.513. The van der Waals surface area contributed by atoms with Gasteiger partial charge in [0.25, 0.3) is 0 Å². The molecular weight excluding hydrogens is 408 g/mol. The number of carbonyl (C=O) groups is 1. The lowest BCUT2D eigenvalue weighted by Gasteiger charge is -2.08. The molecule has 6 heteroatoms. The number of Topliss-reactive ketones (excluding diaryl/α,β-unsaturated/α-hetero) is 1. The fourth-order valence-corrected chi connectivity index (χ4v) is 3.21. The molecular formula is C21H19BrN2O3. The van der Waals surface area contributed by atoms with Crippen molar-refractivity contribution in [2.45, 2.75) is 6.54 Å². The zero-order valence-electron chi connectivity index (χ0n) is 15.0. The highest BCUT2D eigenvalue weighted by Crippen LogP contribution is 2.28. The Balaban J connectivity index is 0.00000210. The Hall–Kier alpha value is -2.86. The summed E-state index contributed by atoms with van der Waals surface area (Å²) in [5, 5.41) is 2.33. The monoisotopic (exact) mass is 426 g/mol. The molecule has 0 saturated carbocycles. The number of ether oxygens (including phenoxy) is 2. The molecule has 5 nitrogen and oxygen atoms in total. The Labute approximate surface area is 167 Å². The lowest BCUT2D eigenvalue weighted by molar-refractivity contribution is -0.681. The normalized spacial score (nSPS) is 10.6. The third-order valence-corrected chi connectivity index (χ3v) is 4.54. The number of rotatable bonds is 5. The number of nitrogens with one attached hydrogen (secondary N) is 1. The highest BCUT2D eigenvalue weighted by Gasteiger charge is 2.16. The van der Waals surface area contributed by atoms with E-state index >= 15 is 0 Å². The SMILES string of the molecule is COc1ccc(C(=O)C[n+]2ccc3c(c2)[nH]c2ccccc23)cc1OC.[Br-]. The van der Waals surface area contributed by atoms with Gasteiger partial charge >= 0.3 is 0 Å². The molecule has 4 rings (SSSR count). The summed E-state index contributed by atoms with van der Waals surface area (Å²) in [6, 6.07) is 15.4. The molecule has 0 saturated heterocycles. The number of pyridine rings is 1. The van der Waals surface area contributed by atoms with E-state index in [-0.39, 0.29) is 29.3 Å². The van der Waals surface area contributed by atoms with Gasteiger partial charge in [0.2, 0.25) is 12.3 Å². The lowest BCUT2D eigenvalue weighted by Crippen LogP contribution is -3.00. The fourth-order valence-electron chi connectivity index (χ4n) is 3.21. The number of H-pyrrole nitrogens is 1. The van der Waals surface area contributed by atoms with Crippen LogP contribution in [0.1, 0.15) is 10.4 Å². The van der Waals surface area contributed by atoms with Crippen LogP contribution in [0.25, 0.3) is 21.8 Å². The minimum Gasteiger partial charge on any atom is -1.00 e. The molecule has 0 amide bonds. The summed E-state index contributed by atoms with van der Waals surface area (Å²) in [6.45, 7) is 0.251. The number of methoxy groups -OCH3 is 2. The third-order valence-electron chi connectivity index (χ3n) is 4.54. The number of fused-ring (bicyclic) bond motifs is 3. The summed E-state index contributed by atoms with van der Waals surface area (Å²) in [5.74, 6) is 1.16. The number of halogens is 1. The van der Waals surface area contributed by atoms with Crippen LogP contribution >= 0.6 is 0 Å². The van der Waals surface area contributed by atoms with E-state index in [4.69, 9.17) is 9.47 Å². The van der Waals surface area contributed by atoms with E-state index in [0.717, 1.165) is 16.4 Å². The molecule has 138 valence electrons. The highest BCUT2D eigenvalue weighted by molar-refractivity contribution is 6.06. The van der Waals surface area contributed by atoms with Crippen LogP contribution in [-0.2, 0) is 6.54 Å². The van der Waals surface area contributed by atoms with Crippen molar-refractivity contribution in [1.82, 2.24) is 4.98 Å². The van der Waals surface area contributed by atoms with E-state index in [9.17, 15) is 4.79 Å². The first-order valence-corrected chi connectivity index (χ1v) is 8.34. The first kappa shape index (κ1) is 18.9. The topological polar surface area (TPSA) is 55.2 Å². The van der Waals surface area contributed by atoms with Gasteiger partial charge in [-0.25, -0.2) is 0 Å². The van der Waals surface area contributed by atoms with Crippen molar-refractivity contribution in [3.63, 3.8) is 0 Å². The van der Waals surface area contributed by atoms with Gasteiger partial charge in [-0.2, -0.15) is 4.57 Å². The molecule has 4 aromatic rings. The number of carbonyl (C=O) groups excluding carboxylic acids is 1. The quantitative estimate of drug-likeness (QED) is 0.373. The van der Waals surface area contributed by atoms with Crippen molar-refractivity contribution in [3.05, 3.63) is 66.5 Å². The molecule has 0 atom stereocenters. The summed E-state index contributed by atoms with van der Waals surface area (Å²) in [4.78, 5) is 16.1.